The van der Waals surface area contributed by atoms with Gasteiger partial charge in [-0.05, 0) is 70.6 Å². The first-order valence-electron chi connectivity index (χ1n) is 17.9. The Bertz CT molecular complexity index is 588. The molecule has 40 heavy (non-hydrogen) atoms. The Kier molecular flexibility index (Phi) is 32.8. The van der Waals surface area contributed by atoms with Crippen LogP contribution in [0, 0.1) is 5.92 Å². The molecule has 2 nitrogen and oxygen atoms in total. The topological polar surface area (TPSA) is 37.3 Å². The third kappa shape index (κ3) is 31.2. The van der Waals surface area contributed by atoms with Crippen LogP contribution in [0.1, 0.15) is 194 Å². The Balaban J connectivity index is 3.49. The van der Waals surface area contributed by atoms with Gasteiger partial charge < -0.3 is 5.11 Å². The molecule has 0 heterocycles. The van der Waals surface area contributed by atoms with Crippen LogP contribution in [0.5, 0.6) is 0 Å². The molecule has 1 atom stereocenters. The highest BCUT2D eigenvalue weighted by Crippen LogP contribution is 2.20. The van der Waals surface area contributed by atoms with Gasteiger partial charge in [0.15, 0.2) is 0 Å². The van der Waals surface area contributed by atoms with Gasteiger partial charge in [0, 0.05) is 0 Å². The highest BCUT2D eigenvalue weighted by Gasteiger charge is 2.16. The molecule has 0 aromatic carbocycles. The van der Waals surface area contributed by atoms with Gasteiger partial charge in [-0.15, -0.1) is 0 Å². The van der Waals surface area contributed by atoms with Gasteiger partial charge >= 0.3 is 5.97 Å². The summed E-state index contributed by atoms with van der Waals surface area (Å²) in [5.41, 5.74) is 0. The molecule has 0 amide bonds. The van der Waals surface area contributed by atoms with Gasteiger partial charge in [-0.1, -0.05) is 159 Å². The molecule has 1 unspecified atom stereocenters. The summed E-state index contributed by atoms with van der Waals surface area (Å²) in [6, 6.07) is 0. The number of carboxylic acids is 1. The van der Waals surface area contributed by atoms with Crippen LogP contribution in [0.25, 0.3) is 0 Å². The van der Waals surface area contributed by atoms with E-state index in [0.717, 1.165) is 38.5 Å². The molecule has 1 N–H and O–H groups in total. The number of hydrogen-bond donors (Lipinski definition) is 1. The molecule has 0 aromatic heterocycles. The first-order chi connectivity index (χ1) is 19.7. The lowest BCUT2D eigenvalue weighted by Gasteiger charge is -2.12. The smallest absolute Gasteiger partial charge is 0.306 e. The number of carbonyl (C=O) groups is 1. The van der Waals surface area contributed by atoms with Gasteiger partial charge in [-0.25, -0.2) is 0 Å². The molecule has 2 heteroatoms. The van der Waals surface area contributed by atoms with Crippen molar-refractivity contribution in [3.05, 3.63) is 36.5 Å². The Labute approximate surface area is 251 Å². The van der Waals surface area contributed by atoms with E-state index < -0.39 is 5.97 Å². The fraction of sp³-hybridized carbons (Fsp3) is 0.816. The second kappa shape index (κ2) is 33.9. The zero-order valence-electron chi connectivity index (χ0n) is 27.2. The van der Waals surface area contributed by atoms with Crippen LogP contribution in [-0.2, 0) is 4.79 Å². The number of rotatable bonds is 32. The van der Waals surface area contributed by atoms with Gasteiger partial charge in [0.1, 0.15) is 0 Å². The molecule has 0 spiro atoms. The van der Waals surface area contributed by atoms with E-state index in [1.807, 2.05) is 0 Å². The summed E-state index contributed by atoms with van der Waals surface area (Å²) in [7, 11) is 0. The summed E-state index contributed by atoms with van der Waals surface area (Å²) in [5.74, 6) is -0.704. The minimum absolute atomic E-state index is 0.127. The number of hydrogen-bond acceptors (Lipinski definition) is 1. The van der Waals surface area contributed by atoms with Crippen LogP contribution >= 0.6 is 0 Å². The Morgan fingerprint density at radius 1 is 0.450 bits per heavy atom. The maximum Gasteiger partial charge on any atom is 0.306 e. The highest BCUT2D eigenvalue weighted by molar-refractivity contribution is 5.69. The molecule has 0 fully saturated rings. The van der Waals surface area contributed by atoms with Crippen molar-refractivity contribution >= 4 is 5.97 Å². The molecule has 0 bridgehead atoms. The van der Waals surface area contributed by atoms with Gasteiger partial charge in [0.25, 0.3) is 0 Å². The number of unbranched alkanes of at least 4 members (excludes halogenated alkanes) is 21. The fourth-order valence-corrected chi connectivity index (χ4v) is 5.41. The third-order valence-corrected chi connectivity index (χ3v) is 8.17. The Morgan fingerprint density at radius 2 is 0.750 bits per heavy atom. The maximum atomic E-state index is 11.7. The molecular weight excluding hydrogens is 488 g/mol. The molecule has 0 aliphatic carbocycles. The van der Waals surface area contributed by atoms with Crippen molar-refractivity contribution in [3.8, 4) is 0 Å². The van der Waals surface area contributed by atoms with Crippen molar-refractivity contribution in [1.29, 1.82) is 0 Å². The average Bonchev–Trinajstić information content (AvgIpc) is 2.95. The first-order valence-corrected chi connectivity index (χ1v) is 17.9. The summed E-state index contributed by atoms with van der Waals surface area (Å²) in [6.45, 7) is 4.53. The van der Waals surface area contributed by atoms with Crippen LogP contribution in [-0.4, -0.2) is 11.1 Å². The molecule has 0 rings (SSSR count). The predicted octanol–water partition coefficient (Wildman–Crippen LogP) is 13.3. The molecular formula is C38H70O2. The summed E-state index contributed by atoms with van der Waals surface area (Å²) >= 11 is 0. The van der Waals surface area contributed by atoms with E-state index in [1.54, 1.807) is 0 Å². The summed E-state index contributed by atoms with van der Waals surface area (Å²) < 4.78 is 0. The fourth-order valence-electron chi connectivity index (χ4n) is 5.41. The van der Waals surface area contributed by atoms with Crippen molar-refractivity contribution in [2.75, 3.05) is 0 Å². The molecule has 0 saturated carbocycles. The number of carboxylic acid groups (broad SMARTS) is 1. The summed E-state index contributed by atoms with van der Waals surface area (Å²) in [6.07, 6.45) is 48.9. The van der Waals surface area contributed by atoms with Crippen LogP contribution < -0.4 is 0 Å². The van der Waals surface area contributed by atoms with Crippen LogP contribution in [0.4, 0.5) is 0 Å². The van der Waals surface area contributed by atoms with E-state index in [-0.39, 0.29) is 5.92 Å². The SMILES string of the molecule is CCCCC/C=C\C/C=C\CCCCCCC(CCCCCCCCCC/C=C\CCCCCCCC)C(=O)O. The third-order valence-electron chi connectivity index (χ3n) is 8.17. The standard InChI is InChI=1S/C38H70O2/c1-3-5-7-9-11-13-15-17-19-20-21-22-24-26-28-30-32-34-36-37(38(39)40)35-33-31-29-27-25-23-18-16-14-12-10-8-6-4-2/h12,14,17-19,23,37H,3-11,13,15-16,20-22,24-36H2,1-2H3,(H,39,40)/b14-12-,19-17-,23-18-. The van der Waals surface area contributed by atoms with Crippen molar-refractivity contribution in [2.24, 2.45) is 5.92 Å². The van der Waals surface area contributed by atoms with Crippen molar-refractivity contribution in [1.82, 2.24) is 0 Å². The first kappa shape index (κ1) is 38.7. The highest BCUT2D eigenvalue weighted by atomic mass is 16.4. The number of allylic oxidation sites excluding steroid dienone is 6. The lowest BCUT2D eigenvalue weighted by atomic mass is 9.94. The van der Waals surface area contributed by atoms with Crippen molar-refractivity contribution < 1.29 is 9.90 Å². The van der Waals surface area contributed by atoms with Gasteiger partial charge in [-0.3, -0.25) is 4.79 Å². The van der Waals surface area contributed by atoms with Crippen LogP contribution in [0.15, 0.2) is 36.5 Å². The summed E-state index contributed by atoms with van der Waals surface area (Å²) in [5, 5.41) is 9.60. The lowest BCUT2D eigenvalue weighted by molar-refractivity contribution is -0.142. The largest absolute Gasteiger partial charge is 0.481 e. The zero-order chi connectivity index (χ0) is 29.2. The van der Waals surface area contributed by atoms with E-state index in [2.05, 4.69) is 50.3 Å². The maximum absolute atomic E-state index is 11.7. The van der Waals surface area contributed by atoms with Gasteiger partial charge in [0.2, 0.25) is 0 Å². The van der Waals surface area contributed by atoms with Crippen LogP contribution in [0.2, 0.25) is 0 Å². The van der Waals surface area contributed by atoms with E-state index >= 15 is 0 Å². The minimum Gasteiger partial charge on any atom is -0.481 e. The summed E-state index contributed by atoms with van der Waals surface area (Å²) in [4.78, 5) is 11.7. The van der Waals surface area contributed by atoms with Gasteiger partial charge in [-0.2, -0.15) is 0 Å². The number of aliphatic carboxylic acids is 1. The second-order valence-electron chi connectivity index (χ2n) is 12.1. The average molecular weight is 559 g/mol. The van der Waals surface area contributed by atoms with E-state index in [9.17, 15) is 9.90 Å². The predicted molar refractivity (Wildman–Crippen MR) is 179 cm³/mol. The molecule has 0 aliphatic rings. The normalized spacial score (nSPS) is 12.8. The molecule has 0 aliphatic heterocycles. The van der Waals surface area contributed by atoms with E-state index in [4.69, 9.17) is 0 Å². The van der Waals surface area contributed by atoms with E-state index in [0.29, 0.717) is 0 Å². The Morgan fingerprint density at radius 3 is 1.15 bits per heavy atom. The lowest BCUT2D eigenvalue weighted by Crippen LogP contribution is -2.13. The molecule has 0 radical (unpaired) electrons. The van der Waals surface area contributed by atoms with Crippen molar-refractivity contribution in [2.45, 2.75) is 194 Å². The second-order valence-corrected chi connectivity index (χ2v) is 12.1. The monoisotopic (exact) mass is 559 g/mol. The zero-order valence-corrected chi connectivity index (χ0v) is 27.2. The molecule has 0 aromatic rings. The van der Waals surface area contributed by atoms with Crippen LogP contribution in [0.3, 0.4) is 0 Å². The molecule has 234 valence electrons. The van der Waals surface area contributed by atoms with Gasteiger partial charge in [0.05, 0.1) is 5.92 Å². The Hall–Kier alpha value is -1.31. The quantitative estimate of drug-likeness (QED) is 0.0658. The minimum atomic E-state index is -0.577. The molecule has 0 saturated heterocycles. The van der Waals surface area contributed by atoms with E-state index in [1.165, 1.54) is 141 Å². The van der Waals surface area contributed by atoms with Crippen molar-refractivity contribution in [3.63, 3.8) is 0 Å².